The summed E-state index contributed by atoms with van der Waals surface area (Å²) in [6.45, 7) is 1.79. The molecule has 2 rings (SSSR count). The van der Waals surface area contributed by atoms with Crippen LogP contribution < -0.4 is 11.1 Å². The first-order chi connectivity index (χ1) is 9.47. The number of aromatic nitrogens is 3. The number of carbonyl (C=O) groups excluding carboxylic acids is 1. The first kappa shape index (κ1) is 14.8. The van der Waals surface area contributed by atoms with E-state index in [9.17, 15) is 4.79 Å². The molecule has 2 aromatic rings. The Morgan fingerprint density at radius 3 is 2.65 bits per heavy atom. The number of nitrogens with two attached hydrogens (primary N) is 1. The first-order valence-electron chi connectivity index (χ1n) is 5.87. The second kappa shape index (κ2) is 6.21. The lowest BCUT2D eigenvalue weighted by Crippen LogP contribution is -2.19. The highest BCUT2D eigenvalue weighted by atomic mass is 35.5. The van der Waals surface area contributed by atoms with E-state index >= 15 is 0 Å². The molecule has 1 aromatic carbocycles. The van der Waals surface area contributed by atoms with E-state index in [1.165, 1.54) is 4.68 Å². The standard InChI is InChI=1S/C12H13Cl2N5O/c1-7(15)10-5-19(18-17-10)6-11(20)16-12-8(13)3-2-4-9(12)14/h2-5,7H,6,15H2,1H3,(H,16,20). The molecule has 0 aliphatic heterocycles. The minimum Gasteiger partial charge on any atom is -0.323 e. The van der Waals surface area contributed by atoms with E-state index in [1.807, 2.05) is 0 Å². The van der Waals surface area contributed by atoms with Crippen LogP contribution in [0.4, 0.5) is 5.69 Å². The van der Waals surface area contributed by atoms with Crippen molar-refractivity contribution in [2.45, 2.75) is 19.5 Å². The maximum absolute atomic E-state index is 11.9. The van der Waals surface area contributed by atoms with Crippen LogP contribution in [0.15, 0.2) is 24.4 Å². The van der Waals surface area contributed by atoms with Crippen LogP contribution in [0, 0.1) is 0 Å². The first-order valence-corrected chi connectivity index (χ1v) is 6.62. The van der Waals surface area contributed by atoms with Crippen LogP contribution in [-0.2, 0) is 11.3 Å². The van der Waals surface area contributed by atoms with Gasteiger partial charge >= 0.3 is 0 Å². The summed E-state index contributed by atoms with van der Waals surface area (Å²) in [7, 11) is 0. The molecule has 6 nitrogen and oxygen atoms in total. The molecular weight excluding hydrogens is 301 g/mol. The number of hydrogen-bond donors (Lipinski definition) is 2. The molecule has 0 fully saturated rings. The van der Waals surface area contributed by atoms with Gasteiger partial charge in [-0.25, -0.2) is 4.68 Å². The molecular formula is C12H13Cl2N5O. The Labute approximate surface area is 125 Å². The summed E-state index contributed by atoms with van der Waals surface area (Å²) in [6.07, 6.45) is 1.62. The summed E-state index contributed by atoms with van der Waals surface area (Å²) in [4.78, 5) is 11.9. The van der Waals surface area contributed by atoms with Gasteiger partial charge in [-0.2, -0.15) is 0 Å². The second-order valence-corrected chi connectivity index (χ2v) is 5.09. The Morgan fingerprint density at radius 1 is 1.45 bits per heavy atom. The van der Waals surface area contributed by atoms with Gasteiger partial charge in [-0.05, 0) is 19.1 Å². The highest BCUT2D eigenvalue weighted by Crippen LogP contribution is 2.29. The normalized spacial score (nSPS) is 12.2. The lowest BCUT2D eigenvalue weighted by atomic mass is 10.3. The molecule has 1 amide bonds. The van der Waals surface area contributed by atoms with E-state index in [0.29, 0.717) is 21.4 Å². The Balaban J connectivity index is 2.05. The van der Waals surface area contributed by atoms with E-state index in [2.05, 4.69) is 15.6 Å². The SMILES string of the molecule is CC(N)c1cn(CC(=O)Nc2c(Cl)cccc2Cl)nn1. The molecule has 1 aromatic heterocycles. The fourth-order valence-corrected chi connectivity index (χ4v) is 2.03. The summed E-state index contributed by atoms with van der Waals surface area (Å²) in [6, 6.07) is 4.76. The lowest BCUT2D eigenvalue weighted by Gasteiger charge is -2.08. The smallest absolute Gasteiger partial charge is 0.246 e. The van der Waals surface area contributed by atoms with E-state index in [0.717, 1.165) is 0 Å². The number of para-hydroxylation sites is 1. The van der Waals surface area contributed by atoms with Crippen LogP contribution in [0.3, 0.4) is 0 Å². The van der Waals surface area contributed by atoms with Crippen molar-refractivity contribution in [3.05, 3.63) is 40.1 Å². The van der Waals surface area contributed by atoms with Crippen LogP contribution in [0.5, 0.6) is 0 Å². The van der Waals surface area contributed by atoms with Gasteiger partial charge in [-0.1, -0.05) is 34.5 Å². The molecule has 1 atom stereocenters. The van der Waals surface area contributed by atoms with Crippen LogP contribution in [-0.4, -0.2) is 20.9 Å². The van der Waals surface area contributed by atoms with Gasteiger partial charge in [0.25, 0.3) is 0 Å². The number of anilines is 1. The molecule has 0 spiro atoms. The number of hydrogen-bond acceptors (Lipinski definition) is 4. The summed E-state index contributed by atoms with van der Waals surface area (Å²) in [5.74, 6) is -0.305. The van der Waals surface area contributed by atoms with Crippen molar-refractivity contribution in [2.24, 2.45) is 5.73 Å². The zero-order chi connectivity index (χ0) is 14.7. The number of benzene rings is 1. The van der Waals surface area contributed by atoms with Gasteiger partial charge in [0.15, 0.2) is 0 Å². The lowest BCUT2D eigenvalue weighted by molar-refractivity contribution is -0.116. The Morgan fingerprint density at radius 2 is 2.10 bits per heavy atom. The van der Waals surface area contributed by atoms with Crippen molar-refractivity contribution in [1.82, 2.24) is 15.0 Å². The maximum Gasteiger partial charge on any atom is 0.246 e. The molecule has 0 aliphatic carbocycles. The number of halogens is 2. The van der Waals surface area contributed by atoms with Crippen molar-refractivity contribution in [2.75, 3.05) is 5.32 Å². The average molecular weight is 314 g/mol. The maximum atomic E-state index is 11.9. The van der Waals surface area contributed by atoms with E-state index in [-0.39, 0.29) is 18.5 Å². The predicted octanol–water partition coefficient (Wildman–Crippen LogP) is 2.24. The monoisotopic (exact) mass is 313 g/mol. The topological polar surface area (TPSA) is 85.8 Å². The van der Waals surface area contributed by atoms with E-state index in [4.69, 9.17) is 28.9 Å². The summed E-state index contributed by atoms with van der Waals surface area (Å²) < 4.78 is 1.40. The molecule has 0 saturated carbocycles. The molecule has 106 valence electrons. The number of amides is 1. The van der Waals surface area contributed by atoms with Gasteiger partial charge < -0.3 is 11.1 Å². The molecule has 0 radical (unpaired) electrons. The quantitative estimate of drug-likeness (QED) is 0.906. The summed E-state index contributed by atoms with van der Waals surface area (Å²) >= 11 is 11.9. The fourth-order valence-electron chi connectivity index (χ4n) is 1.54. The molecule has 0 saturated heterocycles. The number of nitrogens with one attached hydrogen (secondary N) is 1. The molecule has 1 heterocycles. The highest BCUT2D eigenvalue weighted by Gasteiger charge is 2.12. The zero-order valence-electron chi connectivity index (χ0n) is 10.7. The number of nitrogens with zero attached hydrogens (tertiary/aromatic N) is 3. The van der Waals surface area contributed by atoms with Crippen LogP contribution in [0.2, 0.25) is 10.0 Å². The predicted molar refractivity (Wildman–Crippen MR) is 77.7 cm³/mol. The van der Waals surface area contributed by atoms with Crippen LogP contribution >= 0.6 is 23.2 Å². The van der Waals surface area contributed by atoms with Gasteiger partial charge in [0, 0.05) is 6.04 Å². The number of rotatable bonds is 4. The minimum atomic E-state index is -0.305. The molecule has 0 bridgehead atoms. The van der Waals surface area contributed by atoms with Crippen molar-refractivity contribution in [1.29, 1.82) is 0 Å². The average Bonchev–Trinajstić information content (AvgIpc) is 2.82. The number of carbonyl (C=O) groups is 1. The van der Waals surface area contributed by atoms with Crippen molar-refractivity contribution in [3.8, 4) is 0 Å². The molecule has 8 heteroatoms. The van der Waals surface area contributed by atoms with Crippen LogP contribution in [0.1, 0.15) is 18.7 Å². The molecule has 1 unspecified atom stereocenters. The van der Waals surface area contributed by atoms with Crippen molar-refractivity contribution >= 4 is 34.8 Å². The van der Waals surface area contributed by atoms with Gasteiger partial charge in [-0.3, -0.25) is 4.79 Å². The minimum absolute atomic E-state index is 0.00126. The Kier molecular flexibility index (Phi) is 4.59. The van der Waals surface area contributed by atoms with Crippen molar-refractivity contribution in [3.63, 3.8) is 0 Å². The summed E-state index contributed by atoms with van der Waals surface area (Å²) in [5.41, 5.74) is 6.67. The zero-order valence-corrected chi connectivity index (χ0v) is 12.2. The van der Waals surface area contributed by atoms with Gasteiger partial charge in [0.2, 0.25) is 5.91 Å². The summed E-state index contributed by atoms with van der Waals surface area (Å²) in [5, 5.41) is 11.1. The Bertz CT molecular complexity index is 606. The third-order valence-corrected chi connectivity index (χ3v) is 3.19. The molecule has 20 heavy (non-hydrogen) atoms. The van der Waals surface area contributed by atoms with Crippen LogP contribution in [0.25, 0.3) is 0 Å². The second-order valence-electron chi connectivity index (χ2n) is 4.27. The molecule has 3 N–H and O–H groups in total. The third kappa shape index (κ3) is 3.47. The van der Waals surface area contributed by atoms with Gasteiger partial charge in [0.05, 0.1) is 27.6 Å². The Hall–Kier alpha value is -1.63. The molecule has 0 aliphatic rings. The largest absolute Gasteiger partial charge is 0.323 e. The third-order valence-electron chi connectivity index (χ3n) is 2.56. The van der Waals surface area contributed by atoms with E-state index < -0.39 is 0 Å². The van der Waals surface area contributed by atoms with Gasteiger partial charge in [0.1, 0.15) is 6.54 Å². The van der Waals surface area contributed by atoms with Gasteiger partial charge in [-0.15, -0.1) is 5.10 Å². The van der Waals surface area contributed by atoms with Crippen molar-refractivity contribution < 1.29 is 4.79 Å². The highest BCUT2D eigenvalue weighted by molar-refractivity contribution is 6.39. The fraction of sp³-hybridized carbons (Fsp3) is 0.250. The van der Waals surface area contributed by atoms with E-state index in [1.54, 1.807) is 31.3 Å².